The molecule has 8 N–H and O–H groups in total. The third-order valence-corrected chi connectivity index (χ3v) is 16.0. The second kappa shape index (κ2) is 24.9. The Morgan fingerprint density at radius 2 is 0.924 bits per heavy atom. The largest absolute Gasteiger partial charge is 0.351 e. The molecule has 0 saturated carbocycles. The highest BCUT2D eigenvalue weighted by atomic mass is 16.2. The van der Waals surface area contributed by atoms with Crippen LogP contribution in [0.1, 0.15) is 136 Å². The summed E-state index contributed by atoms with van der Waals surface area (Å²) in [6.07, 6.45) is 4.27. The third-order valence-electron chi connectivity index (χ3n) is 16.0. The molecule has 2 aliphatic carbocycles. The van der Waals surface area contributed by atoms with E-state index in [0.29, 0.717) is 0 Å². The molecule has 3 aromatic rings. The molecule has 0 radical (unpaired) electrons. The van der Waals surface area contributed by atoms with Crippen LogP contribution < -0.4 is 42.5 Å². The minimum atomic E-state index is -1.00. The molecule has 0 bridgehead atoms. The number of rotatable bonds is 18. The van der Waals surface area contributed by atoms with Crippen molar-refractivity contribution in [3.8, 4) is 11.1 Å². The standard InChI is InChI=1S/C61H82N10O8/c1-13-38-39(14-2)50(43-25-18-15-22-40(38)43)66-56(76)46-30-36(32-70(46)58(78)52(60(5,6)7)68-54(74)34(3)62-11)64-48(72)28-21-29-49(73)65-37-31-47(71(33-37)59(79)53(61(8,9)10)69-55(75)35(4)63-12)57(77)67-51-44-26-19-16-23-41(44)42-24-17-20-27-45(42)51/h13-20,22-27,34-37,46-47,50-53,62-63H,21,28-33H2,1-12H3,(H,64,72)(H,65,73)(H,66,76)(H,67,77)(H,68,74)(H,69,75)/b38-13+,39-14+/t34-,35-,36-,37-,46-,47-,50?,52+,53+/m0/s1. The maximum absolute atomic E-state index is 14.7. The number of nitrogens with one attached hydrogen (secondary N) is 8. The molecule has 18 heteroatoms. The van der Waals surface area contributed by atoms with Gasteiger partial charge in [0.2, 0.25) is 47.3 Å². The van der Waals surface area contributed by atoms with Gasteiger partial charge in [-0.2, -0.15) is 0 Å². The second-order valence-electron chi connectivity index (χ2n) is 23.6. The molecular weight excluding hydrogens is 1000 g/mol. The summed E-state index contributed by atoms with van der Waals surface area (Å²) in [5, 5.41) is 24.2. The molecule has 0 aromatic heterocycles. The Hall–Kier alpha value is -7.18. The minimum absolute atomic E-state index is 0.00466. The predicted molar refractivity (Wildman–Crippen MR) is 304 cm³/mol. The highest BCUT2D eigenvalue weighted by Gasteiger charge is 2.48. The summed E-state index contributed by atoms with van der Waals surface area (Å²) >= 11 is 0. The third kappa shape index (κ3) is 13.1. The van der Waals surface area contributed by atoms with Crippen LogP contribution in [0.4, 0.5) is 0 Å². The van der Waals surface area contributed by atoms with Crippen LogP contribution in [0.25, 0.3) is 16.7 Å². The number of nitrogens with zero attached hydrogens (tertiary/aromatic N) is 2. The first-order valence-electron chi connectivity index (χ1n) is 27.8. The van der Waals surface area contributed by atoms with E-state index in [4.69, 9.17) is 0 Å². The molecule has 18 nitrogen and oxygen atoms in total. The van der Waals surface area contributed by atoms with Crippen molar-refractivity contribution >= 4 is 52.8 Å². The Bertz CT molecular complexity index is 2840. The Morgan fingerprint density at radius 1 is 0.544 bits per heavy atom. The van der Waals surface area contributed by atoms with Gasteiger partial charge >= 0.3 is 0 Å². The van der Waals surface area contributed by atoms with Crippen LogP contribution in [-0.4, -0.2) is 133 Å². The van der Waals surface area contributed by atoms with Gasteiger partial charge in [-0.3, -0.25) is 38.4 Å². The Kier molecular flexibility index (Phi) is 18.7. The fourth-order valence-electron chi connectivity index (χ4n) is 11.4. The SMILES string of the molecule is C/C=C1\C(=C/C)C(NC(=O)[C@@H]2C[C@H](NC(=O)CCCC(=O)N[C@H]3C[C@@H](C(=O)NC4c5ccccc5-c5ccccc54)N(C(=O)[C@@H](NC(=O)[C@H](C)NC)C(C)(C)C)C3)CN2C(=O)[C@@H](NC(=O)[C@H](C)NC)C(C)(C)C)c2ccccc21. The van der Waals surface area contributed by atoms with Gasteiger partial charge in [0.15, 0.2) is 0 Å². The smallest absolute Gasteiger partial charge is 0.246 e. The molecule has 1 unspecified atom stereocenters. The Balaban J connectivity index is 1.03. The first kappa shape index (κ1) is 59.5. The lowest BCUT2D eigenvalue weighted by Crippen LogP contribution is -2.59. The summed E-state index contributed by atoms with van der Waals surface area (Å²) in [6.45, 7) is 18.3. The summed E-state index contributed by atoms with van der Waals surface area (Å²) in [7, 11) is 3.30. The number of amides is 8. The van der Waals surface area contributed by atoms with Crippen molar-refractivity contribution in [3.05, 3.63) is 113 Å². The number of carbonyl (C=O) groups is 8. The summed E-state index contributed by atoms with van der Waals surface area (Å²) in [5.74, 6) is -3.20. The lowest BCUT2D eigenvalue weighted by molar-refractivity contribution is -0.144. The first-order chi connectivity index (χ1) is 37.4. The van der Waals surface area contributed by atoms with E-state index in [2.05, 4.69) is 42.5 Å². The lowest BCUT2D eigenvalue weighted by Gasteiger charge is -2.36. The molecule has 2 aliphatic heterocycles. The van der Waals surface area contributed by atoms with Gasteiger partial charge < -0.3 is 52.3 Å². The summed E-state index contributed by atoms with van der Waals surface area (Å²) in [5.41, 5.74) is 6.24. The van der Waals surface area contributed by atoms with E-state index in [-0.39, 0.29) is 68.8 Å². The molecule has 4 aliphatic rings. The predicted octanol–water partition coefficient (Wildman–Crippen LogP) is 4.71. The van der Waals surface area contributed by atoms with Crippen molar-refractivity contribution < 1.29 is 38.4 Å². The van der Waals surface area contributed by atoms with E-state index in [9.17, 15) is 38.4 Å². The van der Waals surface area contributed by atoms with Crippen LogP contribution in [0.15, 0.2) is 90.5 Å². The minimum Gasteiger partial charge on any atom is -0.351 e. The average Bonchev–Trinajstić information content (AvgIpc) is 4.33. The zero-order valence-corrected chi connectivity index (χ0v) is 48.0. The molecule has 8 amide bonds. The van der Waals surface area contributed by atoms with Gasteiger partial charge in [-0.25, -0.2) is 0 Å². The average molecular weight is 1080 g/mol. The van der Waals surface area contributed by atoms with Crippen molar-refractivity contribution in [2.45, 2.75) is 162 Å². The van der Waals surface area contributed by atoms with E-state index in [1.54, 1.807) is 27.9 Å². The van der Waals surface area contributed by atoms with Gasteiger partial charge in [0.1, 0.15) is 24.2 Å². The summed E-state index contributed by atoms with van der Waals surface area (Å²) in [4.78, 5) is 116. The van der Waals surface area contributed by atoms with Crippen LogP contribution in [0.2, 0.25) is 0 Å². The molecule has 7 rings (SSSR count). The first-order valence-corrected chi connectivity index (χ1v) is 27.8. The van der Waals surface area contributed by atoms with Crippen molar-refractivity contribution in [2.24, 2.45) is 10.8 Å². The van der Waals surface area contributed by atoms with E-state index < -0.39 is 94.9 Å². The lowest BCUT2D eigenvalue weighted by atomic mass is 9.85. The summed E-state index contributed by atoms with van der Waals surface area (Å²) < 4.78 is 0. The number of hydrogen-bond acceptors (Lipinski definition) is 10. The Morgan fingerprint density at radius 3 is 1.30 bits per heavy atom. The number of hydrogen-bond donors (Lipinski definition) is 8. The fourth-order valence-corrected chi connectivity index (χ4v) is 11.4. The van der Waals surface area contributed by atoms with E-state index >= 15 is 0 Å². The molecule has 2 saturated heterocycles. The number of carbonyl (C=O) groups excluding carboxylic acids is 8. The molecule has 9 atom stereocenters. The van der Waals surface area contributed by atoms with E-state index in [1.807, 2.05) is 140 Å². The zero-order chi connectivity index (χ0) is 57.7. The normalized spacial score (nSPS) is 22.3. The van der Waals surface area contributed by atoms with Crippen LogP contribution in [0, 0.1) is 10.8 Å². The fraction of sp³-hybridized carbons (Fsp3) is 0.508. The summed E-state index contributed by atoms with van der Waals surface area (Å²) in [6, 6.07) is 16.2. The molecule has 2 heterocycles. The highest BCUT2D eigenvalue weighted by Crippen LogP contribution is 2.45. The number of benzene rings is 3. The monoisotopic (exact) mass is 1080 g/mol. The number of allylic oxidation sites excluding steroid dienone is 2. The molecule has 2 fully saturated rings. The van der Waals surface area contributed by atoms with Crippen molar-refractivity contribution in [3.63, 3.8) is 0 Å². The van der Waals surface area contributed by atoms with Gasteiger partial charge in [0.25, 0.3) is 0 Å². The van der Waals surface area contributed by atoms with Crippen molar-refractivity contribution in [1.29, 1.82) is 0 Å². The van der Waals surface area contributed by atoms with Crippen LogP contribution in [-0.2, 0) is 38.4 Å². The van der Waals surface area contributed by atoms with E-state index in [0.717, 1.165) is 44.5 Å². The highest BCUT2D eigenvalue weighted by molar-refractivity contribution is 5.97. The molecule has 0 spiro atoms. The van der Waals surface area contributed by atoms with Crippen molar-refractivity contribution in [2.75, 3.05) is 27.2 Å². The molecule has 424 valence electrons. The van der Waals surface area contributed by atoms with Gasteiger partial charge in [0, 0.05) is 38.0 Å². The van der Waals surface area contributed by atoms with Gasteiger partial charge in [0.05, 0.1) is 24.2 Å². The maximum atomic E-state index is 14.7. The molecule has 79 heavy (non-hydrogen) atoms. The van der Waals surface area contributed by atoms with E-state index in [1.165, 1.54) is 9.80 Å². The van der Waals surface area contributed by atoms with Crippen molar-refractivity contribution in [1.82, 2.24) is 52.3 Å². The topological polar surface area (TPSA) is 239 Å². The number of likely N-dealkylation sites (N-methyl/N-ethyl adjacent to an activating group) is 2. The maximum Gasteiger partial charge on any atom is 0.246 e. The van der Waals surface area contributed by atoms with Gasteiger partial charge in [-0.05, 0) is 116 Å². The quantitative estimate of drug-likeness (QED) is 0.0873. The Labute approximate surface area is 465 Å². The number of fused-ring (bicyclic) bond motifs is 4. The zero-order valence-electron chi connectivity index (χ0n) is 48.0. The van der Waals surface area contributed by atoms with Gasteiger partial charge in [-0.1, -0.05) is 126 Å². The van der Waals surface area contributed by atoms with Crippen LogP contribution in [0.3, 0.4) is 0 Å². The van der Waals surface area contributed by atoms with Gasteiger partial charge in [-0.15, -0.1) is 0 Å². The van der Waals surface area contributed by atoms with Crippen LogP contribution >= 0.6 is 0 Å². The second-order valence-corrected chi connectivity index (χ2v) is 23.6. The molecule has 3 aromatic carbocycles. The number of likely N-dealkylation sites (tertiary alicyclic amines) is 2. The molecular formula is C61H82N10O8. The van der Waals surface area contributed by atoms with Crippen LogP contribution in [0.5, 0.6) is 0 Å².